The van der Waals surface area contributed by atoms with Gasteiger partial charge in [0.15, 0.2) is 5.92 Å². The molecule has 0 saturated carbocycles. The van der Waals surface area contributed by atoms with E-state index in [4.69, 9.17) is 9.47 Å². The predicted octanol–water partition coefficient (Wildman–Crippen LogP) is 6.40. The number of nitro benzene ring substituents is 2. The lowest BCUT2D eigenvalue weighted by atomic mass is 9.84. The molecule has 0 saturated heterocycles. The minimum atomic E-state index is -1.55. The van der Waals surface area contributed by atoms with Crippen molar-refractivity contribution >= 4 is 29.4 Å². The first-order valence-electron chi connectivity index (χ1n) is 12.9. The van der Waals surface area contributed by atoms with Gasteiger partial charge in [-0.25, -0.2) is 0 Å². The summed E-state index contributed by atoms with van der Waals surface area (Å²) >= 11 is 0. The highest BCUT2D eigenvalue weighted by Gasteiger charge is 2.38. The molecule has 1 atom stereocenters. The maximum absolute atomic E-state index is 13.6. The molecule has 0 amide bonds. The zero-order valence-corrected chi connectivity index (χ0v) is 22.3. The lowest BCUT2D eigenvalue weighted by Crippen LogP contribution is -2.32. The number of hydrogen-bond donors (Lipinski definition) is 0. The summed E-state index contributed by atoms with van der Waals surface area (Å²) in [4.78, 5) is 48.9. The van der Waals surface area contributed by atoms with E-state index in [-0.39, 0.29) is 30.2 Å². The van der Waals surface area contributed by atoms with E-state index in [1.807, 2.05) is 12.1 Å². The average Bonchev–Trinajstić information content (AvgIpc) is 3.02. The average molecular weight is 567 g/mol. The number of benzene rings is 4. The summed E-state index contributed by atoms with van der Waals surface area (Å²) in [6.07, 6.45) is 3.01. The number of ether oxygens (including phenoxy) is 2. The van der Waals surface area contributed by atoms with Crippen molar-refractivity contribution in [1.82, 2.24) is 0 Å². The Kier molecular flexibility index (Phi) is 9.87. The first-order valence-corrected chi connectivity index (χ1v) is 12.9. The first kappa shape index (κ1) is 29.3. The molecule has 0 heterocycles. The Balaban J connectivity index is 1.73. The van der Waals surface area contributed by atoms with E-state index in [0.717, 1.165) is 0 Å². The second kappa shape index (κ2) is 14.1. The van der Waals surface area contributed by atoms with Crippen LogP contribution in [0.2, 0.25) is 0 Å². The normalized spacial score (nSPS) is 11.6. The number of non-ortho nitro benzene ring substituents is 2. The topological polar surface area (TPSA) is 139 Å². The van der Waals surface area contributed by atoms with Gasteiger partial charge in [0.05, 0.1) is 9.85 Å². The molecule has 0 aromatic heterocycles. The maximum atomic E-state index is 13.6. The van der Waals surface area contributed by atoms with E-state index in [1.54, 1.807) is 60.7 Å². The lowest BCUT2D eigenvalue weighted by molar-refractivity contribution is -0.385. The molecule has 0 bridgehead atoms. The fourth-order valence-corrected chi connectivity index (χ4v) is 4.24. The van der Waals surface area contributed by atoms with Crippen LogP contribution in [0.4, 0.5) is 11.4 Å². The van der Waals surface area contributed by atoms with E-state index in [2.05, 4.69) is 0 Å². The highest BCUT2D eigenvalue weighted by molar-refractivity contribution is 5.96. The van der Waals surface area contributed by atoms with Crippen molar-refractivity contribution in [1.29, 1.82) is 0 Å². The maximum Gasteiger partial charge on any atom is 0.321 e. The van der Waals surface area contributed by atoms with Crippen LogP contribution in [0.3, 0.4) is 0 Å². The zero-order valence-electron chi connectivity index (χ0n) is 22.3. The Labute approximate surface area is 241 Å². The number of esters is 2. The van der Waals surface area contributed by atoms with Gasteiger partial charge in [-0.1, -0.05) is 97.1 Å². The molecule has 0 fully saturated rings. The third-order valence-electron chi connectivity index (χ3n) is 6.36. The summed E-state index contributed by atoms with van der Waals surface area (Å²) in [5, 5.41) is 22.8. The van der Waals surface area contributed by atoms with Crippen LogP contribution < -0.4 is 0 Å². The first-order chi connectivity index (χ1) is 20.3. The van der Waals surface area contributed by atoms with Crippen LogP contribution >= 0.6 is 0 Å². The summed E-state index contributed by atoms with van der Waals surface area (Å²) in [5.41, 5.74) is 1.71. The third kappa shape index (κ3) is 7.95. The number of rotatable bonds is 12. The molecule has 0 N–H and O–H groups in total. The highest BCUT2D eigenvalue weighted by Crippen LogP contribution is 2.32. The molecule has 0 radical (unpaired) electrons. The monoisotopic (exact) mass is 566 g/mol. The van der Waals surface area contributed by atoms with E-state index < -0.39 is 33.6 Å². The lowest BCUT2D eigenvalue weighted by Gasteiger charge is -2.23. The molecule has 212 valence electrons. The Hall–Kier alpha value is -5.64. The molecule has 42 heavy (non-hydrogen) atoms. The number of carbonyl (C=O) groups excluding carboxylic acids is 2. The van der Waals surface area contributed by atoms with Gasteiger partial charge < -0.3 is 9.47 Å². The van der Waals surface area contributed by atoms with Gasteiger partial charge >= 0.3 is 11.9 Å². The highest BCUT2D eigenvalue weighted by atomic mass is 16.6. The van der Waals surface area contributed by atoms with Crippen LogP contribution in [0.5, 0.6) is 0 Å². The number of allylic oxidation sites excluding steroid dienone is 1. The molecule has 4 rings (SSSR count). The molecule has 10 nitrogen and oxygen atoms in total. The van der Waals surface area contributed by atoms with Gasteiger partial charge in [0, 0.05) is 30.2 Å². The Morgan fingerprint density at radius 1 is 0.667 bits per heavy atom. The Morgan fingerprint density at radius 2 is 1.17 bits per heavy atom. The van der Waals surface area contributed by atoms with E-state index in [0.29, 0.717) is 16.7 Å². The van der Waals surface area contributed by atoms with Gasteiger partial charge in [0.25, 0.3) is 11.4 Å². The quantitative estimate of drug-likeness (QED) is 0.0830. The van der Waals surface area contributed by atoms with Gasteiger partial charge in [-0.05, 0) is 22.3 Å². The summed E-state index contributed by atoms with van der Waals surface area (Å²) in [5.74, 6) is -4.40. The summed E-state index contributed by atoms with van der Waals surface area (Å²) in [7, 11) is 0. The van der Waals surface area contributed by atoms with E-state index in [9.17, 15) is 29.8 Å². The summed E-state index contributed by atoms with van der Waals surface area (Å²) < 4.78 is 11.1. The number of hydrogen-bond acceptors (Lipinski definition) is 8. The third-order valence-corrected chi connectivity index (χ3v) is 6.36. The fourth-order valence-electron chi connectivity index (χ4n) is 4.24. The van der Waals surface area contributed by atoms with Crippen LogP contribution in [0.15, 0.2) is 115 Å². The van der Waals surface area contributed by atoms with Crippen LogP contribution in [-0.2, 0) is 32.3 Å². The molecule has 0 spiro atoms. The predicted molar refractivity (Wildman–Crippen MR) is 154 cm³/mol. The van der Waals surface area contributed by atoms with Crippen molar-refractivity contribution < 1.29 is 28.9 Å². The van der Waals surface area contributed by atoms with E-state index >= 15 is 0 Å². The van der Waals surface area contributed by atoms with Crippen LogP contribution in [0.25, 0.3) is 6.08 Å². The fraction of sp³-hybridized carbons (Fsp3) is 0.125. The molecule has 1 unspecified atom stereocenters. The Morgan fingerprint density at radius 3 is 1.69 bits per heavy atom. The van der Waals surface area contributed by atoms with Crippen molar-refractivity contribution in [3.8, 4) is 0 Å². The molecule has 4 aromatic rings. The van der Waals surface area contributed by atoms with Gasteiger partial charge in [0.2, 0.25) is 0 Å². The van der Waals surface area contributed by atoms with Crippen LogP contribution in [0, 0.1) is 26.1 Å². The Bertz CT molecular complexity index is 1530. The molecule has 0 aliphatic rings. The number of nitrogens with zero attached hydrogens (tertiary/aromatic N) is 2. The number of nitro groups is 2. The van der Waals surface area contributed by atoms with Crippen LogP contribution in [-0.4, -0.2) is 21.8 Å². The zero-order chi connectivity index (χ0) is 29.9. The van der Waals surface area contributed by atoms with Crippen LogP contribution in [0.1, 0.15) is 28.2 Å². The second-order valence-electron chi connectivity index (χ2n) is 9.25. The van der Waals surface area contributed by atoms with Gasteiger partial charge in [-0.2, -0.15) is 0 Å². The molecular weight excluding hydrogens is 540 g/mol. The van der Waals surface area contributed by atoms with Crippen molar-refractivity contribution in [3.05, 3.63) is 158 Å². The smallest absolute Gasteiger partial charge is 0.321 e. The molecule has 0 aliphatic carbocycles. The summed E-state index contributed by atoms with van der Waals surface area (Å²) in [6.45, 7) is -0.225. The minimum absolute atomic E-state index is 0.113. The SMILES string of the molecule is O=C(OCc1ccccc1)C(C(=O)OCc1ccccc1)C(/C=C/c1cccc([N+](=O)[O-])c1)c1cccc([N+](=O)[O-])c1. The van der Waals surface area contributed by atoms with Crippen molar-refractivity contribution in [2.24, 2.45) is 5.92 Å². The second-order valence-corrected chi connectivity index (χ2v) is 9.25. The minimum Gasteiger partial charge on any atom is -0.460 e. The van der Waals surface area contributed by atoms with Gasteiger partial charge in [-0.3, -0.25) is 29.8 Å². The molecule has 4 aromatic carbocycles. The van der Waals surface area contributed by atoms with Crippen molar-refractivity contribution in [2.75, 3.05) is 0 Å². The van der Waals surface area contributed by atoms with Gasteiger partial charge in [-0.15, -0.1) is 0 Å². The van der Waals surface area contributed by atoms with Crippen molar-refractivity contribution in [2.45, 2.75) is 19.1 Å². The largest absolute Gasteiger partial charge is 0.460 e. The summed E-state index contributed by atoms with van der Waals surface area (Å²) in [6, 6.07) is 29.1. The standard InChI is InChI=1S/C32H26N2O8/c35-31(41-21-24-9-3-1-4-10-24)30(32(36)42-22-25-11-5-2-6-12-25)29(26-14-8-16-28(20-26)34(39)40)18-17-23-13-7-15-27(19-23)33(37)38/h1-20,29-30H,21-22H2/b18-17+. The molecule has 0 aliphatic heterocycles. The number of carbonyl (C=O) groups is 2. The van der Waals surface area contributed by atoms with Crippen molar-refractivity contribution in [3.63, 3.8) is 0 Å². The molecule has 10 heteroatoms. The van der Waals surface area contributed by atoms with E-state index in [1.165, 1.54) is 48.6 Å². The molecular formula is C32H26N2O8. The van der Waals surface area contributed by atoms with Gasteiger partial charge in [0.1, 0.15) is 13.2 Å².